The van der Waals surface area contributed by atoms with E-state index in [2.05, 4.69) is 20.8 Å². The summed E-state index contributed by atoms with van der Waals surface area (Å²) in [4.78, 5) is 13.9. The number of carbonyl (C=O) groups excluding carboxylic acids is 1. The molecule has 0 aromatic heterocycles. The van der Waals surface area contributed by atoms with E-state index in [1.807, 2.05) is 24.3 Å². The van der Waals surface area contributed by atoms with Crippen molar-refractivity contribution in [2.75, 3.05) is 19.7 Å². The van der Waals surface area contributed by atoms with Gasteiger partial charge in [-0.2, -0.15) is 0 Å². The number of amides is 1. The molecule has 1 aromatic carbocycles. The van der Waals surface area contributed by atoms with Crippen LogP contribution in [0.1, 0.15) is 24.4 Å². The molecule has 1 heterocycles. The van der Waals surface area contributed by atoms with Gasteiger partial charge in [0.25, 0.3) is 0 Å². The Bertz CT molecular complexity index is 445. The maximum atomic E-state index is 11.8. The summed E-state index contributed by atoms with van der Waals surface area (Å²) in [6, 6.07) is 7.33. The molecule has 1 unspecified atom stereocenters. The van der Waals surface area contributed by atoms with Gasteiger partial charge in [0.1, 0.15) is 6.04 Å². The van der Waals surface area contributed by atoms with E-state index in [0.29, 0.717) is 5.92 Å². The van der Waals surface area contributed by atoms with Crippen molar-refractivity contribution in [2.24, 2.45) is 11.7 Å². The van der Waals surface area contributed by atoms with Gasteiger partial charge >= 0.3 is 0 Å². The van der Waals surface area contributed by atoms with E-state index in [-0.39, 0.29) is 18.6 Å². The predicted molar refractivity (Wildman–Crippen MR) is 77.5 cm³/mol. The first kappa shape index (κ1) is 14.5. The van der Waals surface area contributed by atoms with Gasteiger partial charge in [0, 0.05) is 11.1 Å². The van der Waals surface area contributed by atoms with Crippen molar-refractivity contribution in [3.8, 4) is 0 Å². The summed E-state index contributed by atoms with van der Waals surface area (Å²) in [5, 5.41) is 9.16. The first-order valence-corrected chi connectivity index (χ1v) is 7.31. The monoisotopic (exact) mass is 326 g/mol. The Morgan fingerprint density at radius 3 is 2.68 bits per heavy atom. The molecule has 3 N–H and O–H groups in total. The van der Waals surface area contributed by atoms with Gasteiger partial charge < -0.3 is 10.8 Å². The summed E-state index contributed by atoms with van der Waals surface area (Å²) in [5.74, 6) is 0.0350. The Balaban J connectivity index is 2.15. The second kappa shape index (κ2) is 6.50. The molecule has 1 aromatic rings. The highest BCUT2D eigenvalue weighted by Crippen LogP contribution is 2.28. The van der Waals surface area contributed by atoms with Crippen LogP contribution < -0.4 is 5.73 Å². The fourth-order valence-electron chi connectivity index (χ4n) is 2.63. The molecular weight excluding hydrogens is 308 g/mol. The molecule has 104 valence electrons. The minimum absolute atomic E-state index is 0.228. The molecule has 1 amide bonds. The number of halogens is 1. The molecule has 1 aliphatic rings. The largest absolute Gasteiger partial charge is 0.396 e. The average molecular weight is 327 g/mol. The molecule has 0 aliphatic carbocycles. The van der Waals surface area contributed by atoms with Crippen LogP contribution in [-0.4, -0.2) is 35.6 Å². The van der Waals surface area contributed by atoms with Crippen LogP contribution >= 0.6 is 15.9 Å². The molecular formula is C14H19BrN2O2. The van der Waals surface area contributed by atoms with E-state index in [1.54, 1.807) is 0 Å². The number of aliphatic hydroxyl groups is 1. The van der Waals surface area contributed by atoms with Gasteiger partial charge in [-0.3, -0.25) is 9.69 Å². The quantitative estimate of drug-likeness (QED) is 0.884. The number of primary amides is 1. The number of aliphatic hydroxyl groups excluding tert-OH is 1. The average Bonchev–Trinajstić information content (AvgIpc) is 2.39. The predicted octanol–water partition coefficient (Wildman–Crippen LogP) is 1.68. The van der Waals surface area contributed by atoms with E-state index in [4.69, 9.17) is 10.8 Å². The lowest BCUT2D eigenvalue weighted by Gasteiger charge is -2.35. The van der Waals surface area contributed by atoms with Crippen LogP contribution in [0.3, 0.4) is 0 Å². The number of hydrogen-bond donors (Lipinski definition) is 2. The Labute approximate surface area is 121 Å². The number of piperidine rings is 1. The summed E-state index contributed by atoms with van der Waals surface area (Å²) in [7, 11) is 0. The maximum absolute atomic E-state index is 11.8. The van der Waals surface area contributed by atoms with Crippen molar-refractivity contribution >= 4 is 21.8 Å². The molecule has 2 rings (SSSR count). The van der Waals surface area contributed by atoms with Gasteiger partial charge in [-0.15, -0.1) is 0 Å². The fourth-order valence-corrected chi connectivity index (χ4v) is 3.04. The molecule has 1 fully saturated rings. The van der Waals surface area contributed by atoms with Gasteiger partial charge in [-0.25, -0.2) is 0 Å². The zero-order valence-corrected chi connectivity index (χ0v) is 12.3. The van der Waals surface area contributed by atoms with Crippen LogP contribution in [-0.2, 0) is 4.79 Å². The highest BCUT2D eigenvalue weighted by molar-refractivity contribution is 9.10. The molecule has 0 spiro atoms. The molecule has 5 heteroatoms. The molecule has 19 heavy (non-hydrogen) atoms. The molecule has 0 saturated carbocycles. The second-order valence-corrected chi connectivity index (χ2v) is 5.94. The highest BCUT2D eigenvalue weighted by Gasteiger charge is 2.29. The Morgan fingerprint density at radius 2 is 2.16 bits per heavy atom. The smallest absolute Gasteiger partial charge is 0.239 e. The minimum Gasteiger partial charge on any atom is -0.396 e. The van der Waals surface area contributed by atoms with E-state index in [0.717, 1.165) is 36.0 Å². The van der Waals surface area contributed by atoms with Gasteiger partial charge in [0.2, 0.25) is 5.91 Å². The van der Waals surface area contributed by atoms with E-state index in [9.17, 15) is 4.79 Å². The topological polar surface area (TPSA) is 66.6 Å². The van der Waals surface area contributed by atoms with Crippen LogP contribution in [0.25, 0.3) is 0 Å². The maximum Gasteiger partial charge on any atom is 0.239 e. The zero-order valence-electron chi connectivity index (χ0n) is 10.8. The van der Waals surface area contributed by atoms with Crippen molar-refractivity contribution in [1.82, 2.24) is 4.90 Å². The van der Waals surface area contributed by atoms with E-state index < -0.39 is 0 Å². The number of carbonyl (C=O) groups is 1. The van der Waals surface area contributed by atoms with Crippen LogP contribution in [0, 0.1) is 5.92 Å². The standard InChI is InChI=1S/C14H19BrN2O2/c15-12-3-1-2-11(8-12)13(14(16)19)17-6-4-10(9-18)5-7-17/h1-3,8,10,13,18H,4-7,9H2,(H2,16,19). The summed E-state index contributed by atoms with van der Waals surface area (Å²) >= 11 is 3.42. The highest BCUT2D eigenvalue weighted by atomic mass is 79.9. The number of hydrogen-bond acceptors (Lipinski definition) is 3. The summed E-state index contributed by atoms with van der Waals surface area (Å²) in [6.07, 6.45) is 1.82. The van der Waals surface area contributed by atoms with E-state index >= 15 is 0 Å². The van der Waals surface area contributed by atoms with Crippen molar-refractivity contribution in [3.05, 3.63) is 34.3 Å². The third kappa shape index (κ3) is 3.55. The van der Waals surface area contributed by atoms with Crippen molar-refractivity contribution in [3.63, 3.8) is 0 Å². The Morgan fingerprint density at radius 1 is 1.47 bits per heavy atom. The van der Waals surface area contributed by atoms with Crippen LogP contribution in [0.5, 0.6) is 0 Å². The molecule has 1 aliphatic heterocycles. The first-order valence-electron chi connectivity index (χ1n) is 6.51. The van der Waals surface area contributed by atoms with Gasteiger partial charge in [-0.05, 0) is 49.5 Å². The number of likely N-dealkylation sites (tertiary alicyclic amines) is 1. The SMILES string of the molecule is NC(=O)C(c1cccc(Br)c1)N1CCC(CO)CC1. The number of nitrogens with zero attached hydrogens (tertiary/aromatic N) is 1. The van der Waals surface area contributed by atoms with Crippen molar-refractivity contribution < 1.29 is 9.90 Å². The Kier molecular flexibility index (Phi) is 4.96. The van der Waals surface area contributed by atoms with Gasteiger partial charge in [-0.1, -0.05) is 28.1 Å². The minimum atomic E-state index is -0.378. The molecule has 1 atom stereocenters. The Hall–Kier alpha value is -0.910. The van der Waals surface area contributed by atoms with Gasteiger partial charge in [0.15, 0.2) is 0 Å². The second-order valence-electron chi connectivity index (χ2n) is 5.02. The molecule has 1 saturated heterocycles. The lowest BCUT2D eigenvalue weighted by atomic mass is 9.94. The number of nitrogens with two attached hydrogens (primary N) is 1. The third-order valence-corrected chi connectivity index (χ3v) is 4.20. The summed E-state index contributed by atoms with van der Waals surface area (Å²) in [5.41, 5.74) is 6.49. The van der Waals surface area contributed by atoms with Crippen molar-refractivity contribution in [2.45, 2.75) is 18.9 Å². The molecule has 4 nitrogen and oxygen atoms in total. The van der Waals surface area contributed by atoms with E-state index in [1.165, 1.54) is 0 Å². The number of benzene rings is 1. The number of rotatable bonds is 4. The fraction of sp³-hybridized carbons (Fsp3) is 0.500. The lowest BCUT2D eigenvalue weighted by molar-refractivity contribution is -0.124. The molecule has 0 radical (unpaired) electrons. The van der Waals surface area contributed by atoms with Crippen LogP contribution in [0.4, 0.5) is 0 Å². The summed E-state index contributed by atoms with van der Waals surface area (Å²) in [6.45, 7) is 1.82. The van der Waals surface area contributed by atoms with Crippen LogP contribution in [0.2, 0.25) is 0 Å². The van der Waals surface area contributed by atoms with Crippen molar-refractivity contribution in [1.29, 1.82) is 0 Å². The van der Waals surface area contributed by atoms with Crippen LogP contribution in [0.15, 0.2) is 28.7 Å². The normalized spacial score (nSPS) is 19.3. The van der Waals surface area contributed by atoms with Gasteiger partial charge in [0.05, 0.1) is 0 Å². The zero-order chi connectivity index (χ0) is 13.8. The summed E-state index contributed by atoms with van der Waals surface area (Å²) < 4.78 is 0.946. The third-order valence-electron chi connectivity index (χ3n) is 3.71. The first-order chi connectivity index (χ1) is 9.11. The molecule has 0 bridgehead atoms. The lowest BCUT2D eigenvalue weighted by Crippen LogP contribution is -2.43.